The number of rotatable bonds is 2. The van der Waals surface area contributed by atoms with Crippen LogP contribution < -0.4 is 0 Å². The van der Waals surface area contributed by atoms with E-state index in [0.717, 1.165) is 12.8 Å². The molecule has 7 heavy (non-hydrogen) atoms. The third kappa shape index (κ3) is 10.7. The van der Waals surface area contributed by atoms with Crippen molar-refractivity contribution in [3.63, 3.8) is 0 Å². The van der Waals surface area contributed by atoms with Gasteiger partial charge in [0.05, 0.1) is 0 Å². The number of hydrogen-bond acceptors (Lipinski definition) is 1. The van der Waals surface area contributed by atoms with Crippen molar-refractivity contribution in [2.24, 2.45) is 0 Å². The van der Waals surface area contributed by atoms with Crippen LogP contribution in [0.2, 0.25) is 0 Å². The first kappa shape index (κ1) is 10.2. The molecule has 0 aromatic rings. The number of Topliss-reactive ketones (excluding diaryl/α,β-unsaturated/α-hetero) is 1. The summed E-state index contributed by atoms with van der Waals surface area (Å²) in [7, 11) is 0. The van der Waals surface area contributed by atoms with Crippen LogP contribution in [-0.4, -0.2) is 5.78 Å². The minimum Gasteiger partial charge on any atom is -0.300 e. The van der Waals surface area contributed by atoms with Crippen LogP contribution >= 0.6 is 0 Å². The largest absolute Gasteiger partial charge is 0.300 e. The van der Waals surface area contributed by atoms with Gasteiger partial charge in [0.2, 0.25) is 0 Å². The molecule has 0 amide bonds. The molecular formula is C5H10CoO. The van der Waals surface area contributed by atoms with Gasteiger partial charge in [-0.15, -0.1) is 0 Å². The van der Waals surface area contributed by atoms with E-state index in [2.05, 4.69) is 0 Å². The Labute approximate surface area is 54.7 Å². The van der Waals surface area contributed by atoms with E-state index >= 15 is 0 Å². The normalized spacial score (nSPS) is 7.14. The molecule has 45 valence electrons. The molecular weight excluding hydrogens is 135 g/mol. The van der Waals surface area contributed by atoms with Crippen LogP contribution in [0.1, 0.15) is 26.7 Å². The van der Waals surface area contributed by atoms with Crippen molar-refractivity contribution in [3.8, 4) is 0 Å². The van der Waals surface area contributed by atoms with Crippen molar-refractivity contribution in [1.82, 2.24) is 0 Å². The van der Waals surface area contributed by atoms with Crippen LogP contribution in [0.4, 0.5) is 0 Å². The van der Waals surface area contributed by atoms with E-state index in [1.165, 1.54) is 0 Å². The molecule has 0 rings (SSSR count). The summed E-state index contributed by atoms with van der Waals surface area (Å²) in [6, 6.07) is 0. The molecule has 0 spiro atoms. The summed E-state index contributed by atoms with van der Waals surface area (Å²) >= 11 is 0. The van der Waals surface area contributed by atoms with Crippen molar-refractivity contribution in [2.75, 3.05) is 0 Å². The monoisotopic (exact) mass is 145 g/mol. The standard InChI is InChI=1S/C5H10O.Co/c1-3-4-5(2)6;/h3-4H2,1-2H3;. The van der Waals surface area contributed by atoms with Crippen LogP contribution in [0, 0.1) is 0 Å². The maximum Gasteiger partial charge on any atom is 0.129 e. The minimum absolute atomic E-state index is 0. The predicted octanol–water partition coefficient (Wildman–Crippen LogP) is 1.37. The summed E-state index contributed by atoms with van der Waals surface area (Å²) in [5.41, 5.74) is 0. The van der Waals surface area contributed by atoms with Crippen molar-refractivity contribution >= 4 is 5.78 Å². The van der Waals surface area contributed by atoms with Gasteiger partial charge in [0.25, 0.3) is 0 Å². The van der Waals surface area contributed by atoms with E-state index in [1.807, 2.05) is 6.92 Å². The number of hydrogen-bond donors (Lipinski definition) is 0. The molecule has 2 heteroatoms. The Kier molecular flexibility index (Phi) is 9.02. The molecule has 0 atom stereocenters. The summed E-state index contributed by atoms with van der Waals surface area (Å²) in [6.45, 7) is 3.62. The van der Waals surface area contributed by atoms with Crippen LogP contribution in [0.5, 0.6) is 0 Å². The third-order valence-electron chi connectivity index (χ3n) is 0.602. The first-order valence-corrected chi connectivity index (χ1v) is 2.26. The van der Waals surface area contributed by atoms with Crippen molar-refractivity contribution in [3.05, 3.63) is 0 Å². The second kappa shape index (κ2) is 6.18. The van der Waals surface area contributed by atoms with Gasteiger partial charge < -0.3 is 4.79 Å². The molecule has 0 N–H and O–H groups in total. The number of ketones is 1. The van der Waals surface area contributed by atoms with Gasteiger partial charge >= 0.3 is 0 Å². The molecule has 0 heterocycles. The zero-order valence-corrected chi connectivity index (χ0v) is 5.70. The Morgan fingerprint density at radius 3 is 2.00 bits per heavy atom. The van der Waals surface area contributed by atoms with Gasteiger partial charge in [0.15, 0.2) is 0 Å². The molecule has 0 saturated carbocycles. The van der Waals surface area contributed by atoms with Crippen LogP contribution in [0.3, 0.4) is 0 Å². The molecule has 1 radical (unpaired) electrons. The molecule has 0 aromatic heterocycles. The molecule has 0 bridgehead atoms. The van der Waals surface area contributed by atoms with Gasteiger partial charge in [-0.3, -0.25) is 0 Å². The number of carbonyl (C=O) groups excluding carboxylic acids is 1. The Hall–Kier alpha value is 0.176. The smallest absolute Gasteiger partial charge is 0.129 e. The van der Waals surface area contributed by atoms with Crippen LogP contribution in [0.15, 0.2) is 0 Å². The van der Waals surface area contributed by atoms with Crippen molar-refractivity contribution in [2.45, 2.75) is 26.7 Å². The van der Waals surface area contributed by atoms with E-state index in [-0.39, 0.29) is 22.6 Å². The van der Waals surface area contributed by atoms with E-state index in [0.29, 0.717) is 0 Å². The molecule has 1 nitrogen and oxygen atoms in total. The maximum absolute atomic E-state index is 10.0. The first-order chi connectivity index (χ1) is 2.77. The summed E-state index contributed by atoms with van der Waals surface area (Å²) in [4.78, 5) is 10.0. The van der Waals surface area contributed by atoms with Gasteiger partial charge in [-0.05, 0) is 13.3 Å². The van der Waals surface area contributed by atoms with E-state index in [4.69, 9.17) is 0 Å². The summed E-state index contributed by atoms with van der Waals surface area (Å²) in [5, 5.41) is 0. The molecule has 0 saturated heterocycles. The molecule has 0 unspecified atom stereocenters. The summed E-state index contributed by atoms with van der Waals surface area (Å²) in [5.74, 6) is 0.289. The molecule has 0 aliphatic rings. The van der Waals surface area contributed by atoms with Crippen molar-refractivity contribution < 1.29 is 21.6 Å². The Bertz CT molecular complexity index is 52.0. The van der Waals surface area contributed by atoms with Gasteiger partial charge in [0.1, 0.15) is 5.78 Å². The van der Waals surface area contributed by atoms with E-state index in [9.17, 15) is 4.79 Å². The Balaban J connectivity index is 0. The topological polar surface area (TPSA) is 17.1 Å². The molecule has 0 aromatic carbocycles. The average Bonchev–Trinajstić information content (AvgIpc) is 1.35. The first-order valence-electron chi connectivity index (χ1n) is 2.26. The fourth-order valence-electron chi connectivity index (χ4n) is 0.352. The summed E-state index contributed by atoms with van der Waals surface area (Å²) < 4.78 is 0. The molecule has 0 aliphatic heterocycles. The molecule has 0 fully saturated rings. The van der Waals surface area contributed by atoms with Crippen LogP contribution in [-0.2, 0) is 21.6 Å². The fraction of sp³-hybridized carbons (Fsp3) is 0.800. The maximum atomic E-state index is 10.0. The zero-order chi connectivity index (χ0) is 4.99. The fourth-order valence-corrected chi connectivity index (χ4v) is 0.352. The quantitative estimate of drug-likeness (QED) is 0.573. The average molecular weight is 145 g/mol. The van der Waals surface area contributed by atoms with Gasteiger partial charge in [-0.25, -0.2) is 0 Å². The predicted molar refractivity (Wildman–Crippen MR) is 25.6 cm³/mol. The van der Waals surface area contributed by atoms with E-state index < -0.39 is 0 Å². The second-order valence-electron chi connectivity index (χ2n) is 1.45. The van der Waals surface area contributed by atoms with Gasteiger partial charge in [0, 0.05) is 23.2 Å². The van der Waals surface area contributed by atoms with E-state index in [1.54, 1.807) is 6.92 Å². The third-order valence-corrected chi connectivity index (χ3v) is 0.602. The van der Waals surface area contributed by atoms with Crippen LogP contribution in [0.25, 0.3) is 0 Å². The number of carbonyl (C=O) groups is 1. The van der Waals surface area contributed by atoms with Gasteiger partial charge in [-0.1, -0.05) is 6.92 Å². The summed E-state index contributed by atoms with van der Waals surface area (Å²) in [6.07, 6.45) is 1.72. The van der Waals surface area contributed by atoms with Crippen molar-refractivity contribution in [1.29, 1.82) is 0 Å². The van der Waals surface area contributed by atoms with Gasteiger partial charge in [-0.2, -0.15) is 0 Å². The second-order valence-corrected chi connectivity index (χ2v) is 1.45. The zero-order valence-electron chi connectivity index (χ0n) is 4.66. The Morgan fingerprint density at radius 1 is 1.57 bits per heavy atom. The minimum atomic E-state index is 0. The molecule has 0 aliphatic carbocycles. The Morgan fingerprint density at radius 2 is 2.00 bits per heavy atom. The SMILES string of the molecule is CCCC(C)=O.[Co].